The summed E-state index contributed by atoms with van der Waals surface area (Å²) in [4.78, 5) is 0. The van der Waals surface area contributed by atoms with E-state index in [9.17, 15) is 13.2 Å². The fraction of sp³-hybridized carbons (Fsp3) is 1.00. The van der Waals surface area contributed by atoms with Crippen LogP contribution in [0.15, 0.2) is 0 Å². The van der Waals surface area contributed by atoms with Crippen LogP contribution in [-0.2, 0) is 9.47 Å². The Morgan fingerprint density at radius 2 is 1.67 bits per heavy atom. The van der Waals surface area contributed by atoms with Crippen LogP contribution in [0, 0.1) is 11.8 Å². The molecule has 0 N–H and O–H groups in total. The lowest BCUT2D eigenvalue weighted by atomic mass is 9.66. The number of halogens is 3. The van der Waals surface area contributed by atoms with Crippen molar-refractivity contribution in [3.63, 3.8) is 0 Å². The van der Waals surface area contributed by atoms with Crippen molar-refractivity contribution < 1.29 is 22.6 Å². The minimum Gasteiger partial charge on any atom is -0.375 e. The molecular weight excluding hydrogens is 281 g/mol. The Hall–Kier alpha value is -0.290. The molecular formula is C16H27F3O2. The van der Waals surface area contributed by atoms with Gasteiger partial charge in [-0.15, -0.1) is 0 Å². The molecule has 0 radical (unpaired) electrons. The van der Waals surface area contributed by atoms with Gasteiger partial charge in [0, 0.05) is 19.1 Å². The fourth-order valence-corrected chi connectivity index (χ4v) is 3.72. The van der Waals surface area contributed by atoms with Gasteiger partial charge in [-0.1, -0.05) is 13.3 Å². The Morgan fingerprint density at radius 1 is 0.905 bits per heavy atom. The van der Waals surface area contributed by atoms with Crippen LogP contribution in [0.4, 0.5) is 13.2 Å². The first-order valence-electron chi connectivity index (χ1n) is 8.25. The zero-order valence-electron chi connectivity index (χ0n) is 12.9. The molecule has 21 heavy (non-hydrogen) atoms. The van der Waals surface area contributed by atoms with Gasteiger partial charge in [-0.05, 0) is 38.5 Å². The van der Waals surface area contributed by atoms with E-state index in [1.54, 1.807) is 6.92 Å². The van der Waals surface area contributed by atoms with Crippen molar-refractivity contribution in [2.24, 2.45) is 11.8 Å². The van der Waals surface area contributed by atoms with Gasteiger partial charge in [-0.2, -0.15) is 0 Å². The van der Waals surface area contributed by atoms with Crippen molar-refractivity contribution >= 4 is 0 Å². The predicted molar refractivity (Wildman–Crippen MR) is 75.6 cm³/mol. The number of rotatable bonds is 6. The molecule has 124 valence electrons. The van der Waals surface area contributed by atoms with Crippen LogP contribution in [0.3, 0.4) is 0 Å². The Bertz CT molecular complexity index is 314. The standard InChI is InChI=1S/C16H27F3O2/c1-3-5-8-21-11-7-6-10-9-12(20-4-2)15(18)16(19)13(10)14(11)17/h10-16H,3-9H2,1-2H3. The van der Waals surface area contributed by atoms with E-state index >= 15 is 0 Å². The van der Waals surface area contributed by atoms with Crippen LogP contribution in [0.25, 0.3) is 0 Å². The number of alkyl halides is 3. The molecule has 0 bridgehead atoms. The van der Waals surface area contributed by atoms with Crippen LogP contribution >= 0.6 is 0 Å². The molecule has 0 aliphatic heterocycles. The lowest BCUT2D eigenvalue weighted by Crippen LogP contribution is -2.55. The van der Waals surface area contributed by atoms with Crippen LogP contribution in [0.5, 0.6) is 0 Å². The quantitative estimate of drug-likeness (QED) is 0.690. The first-order valence-corrected chi connectivity index (χ1v) is 8.25. The second kappa shape index (κ2) is 7.82. The van der Waals surface area contributed by atoms with Gasteiger partial charge in [-0.25, -0.2) is 13.2 Å². The Balaban J connectivity index is 1.98. The molecule has 5 heteroatoms. The molecule has 0 amide bonds. The highest BCUT2D eigenvalue weighted by atomic mass is 19.2. The normalized spacial score (nSPS) is 43.6. The number of fused-ring (bicyclic) bond motifs is 1. The first kappa shape index (κ1) is 17.1. The maximum Gasteiger partial charge on any atom is 0.157 e. The molecule has 0 aromatic rings. The lowest BCUT2D eigenvalue weighted by molar-refractivity contribution is -0.150. The summed E-state index contributed by atoms with van der Waals surface area (Å²) in [5.74, 6) is -1.01. The molecule has 7 unspecified atom stereocenters. The van der Waals surface area contributed by atoms with E-state index in [1.165, 1.54) is 0 Å². The van der Waals surface area contributed by atoms with Gasteiger partial charge in [0.05, 0.1) is 12.2 Å². The van der Waals surface area contributed by atoms with E-state index in [1.807, 2.05) is 6.92 Å². The third-order valence-electron chi connectivity index (χ3n) is 4.86. The van der Waals surface area contributed by atoms with Gasteiger partial charge in [0.1, 0.15) is 12.3 Å². The van der Waals surface area contributed by atoms with Crippen molar-refractivity contribution in [2.75, 3.05) is 13.2 Å². The summed E-state index contributed by atoms with van der Waals surface area (Å²) in [6.45, 7) is 4.66. The molecule has 7 atom stereocenters. The van der Waals surface area contributed by atoms with Crippen LogP contribution < -0.4 is 0 Å². The van der Waals surface area contributed by atoms with Gasteiger partial charge < -0.3 is 9.47 Å². The Morgan fingerprint density at radius 3 is 2.33 bits per heavy atom. The second-order valence-electron chi connectivity index (χ2n) is 6.24. The monoisotopic (exact) mass is 308 g/mol. The summed E-state index contributed by atoms with van der Waals surface area (Å²) in [6, 6.07) is 0. The van der Waals surface area contributed by atoms with E-state index < -0.39 is 36.6 Å². The largest absolute Gasteiger partial charge is 0.375 e. The molecule has 0 spiro atoms. The van der Waals surface area contributed by atoms with Crippen LogP contribution in [0.2, 0.25) is 0 Å². The summed E-state index contributed by atoms with van der Waals surface area (Å²) < 4.78 is 53.9. The summed E-state index contributed by atoms with van der Waals surface area (Å²) in [5.41, 5.74) is 0. The Kier molecular flexibility index (Phi) is 6.35. The van der Waals surface area contributed by atoms with Crippen molar-refractivity contribution in [3.05, 3.63) is 0 Å². The van der Waals surface area contributed by atoms with Crippen LogP contribution in [-0.4, -0.2) is 43.9 Å². The van der Waals surface area contributed by atoms with Crippen LogP contribution in [0.1, 0.15) is 46.0 Å². The number of ether oxygens (including phenoxy) is 2. The van der Waals surface area contributed by atoms with Gasteiger partial charge in [0.2, 0.25) is 0 Å². The van der Waals surface area contributed by atoms with Gasteiger partial charge in [0.15, 0.2) is 6.17 Å². The smallest absolute Gasteiger partial charge is 0.157 e. The number of hydrogen-bond donors (Lipinski definition) is 0. The average molecular weight is 308 g/mol. The van der Waals surface area contributed by atoms with Gasteiger partial charge in [-0.3, -0.25) is 0 Å². The van der Waals surface area contributed by atoms with Crippen molar-refractivity contribution in [1.29, 1.82) is 0 Å². The van der Waals surface area contributed by atoms with Crippen molar-refractivity contribution in [3.8, 4) is 0 Å². The SMILES string of the molecule is CCCCOC1CCC2CC(OCC)C(F)C(F)C2C1F. The minimum absolute atomic E-state index is 0.135. The zero-order chi connectivity index (χ0) is 15.4. The molecule has 2 nitrogen and oxygen atoms in total. The highest BCUT2D eigenvalue weighted by Crippen LogP contribution is 2.46. The summed E-state index contributed by atoms with van der Waals surface area (Å²) in [5, 5.41) is 0. The maximum atomic E-state index is 14.6. The number of hydrogen-bond acceptors (Lipinski definition) is 2. The van der Waals surface area contributed by atoms with Gasteiger partial charge >= 0.3 is 0 Å². The van der Waals surface area contributed by atoms with Crippen molar-refractivity contribution in [2.45, 2.75) is 76.7 Å². The summed E-state index contributed by atoms with van der Waals surface area (Å²) in [6.07, 6.45) is -2.67. The molecule has 2 fully saturated rings. The number of unbranched alkanes of at least 4 members (excludes halogenated alkanes) is 1. The highest BCUT2D eigenvalue weighted by molar-refractivity contribution is 5.01. The molecule has 0 heterocycles. The molecule has 0 aromatic heterocycles. The second-order valence-corrected chi connectivity index (χ2v) is 6.24. The van der Waals surface area contributed by atoms with E-state index in [0.717, 1.165) is 12.8 Å². The Labute approximate surface area is 125 Å². The first-order chi connectivity index (χ1) is 10.1. The maximum absolute atomic E-state index is 14.6. The van der Waals surface area contributed by atoms with E-state index in [2.05, 4.69) is 0 Å². The highest BCUT2D eigenvalue weighted by Gasteiger charge is 2.53. The van der Waals surface area contributed by atoms with E-state index in [0.29, 0.717) is 32.5 Å². The lowest BCUT2D eigenvalue weighted by Gasteiger charge is -2.46. The molecule has 2 aliphatic carbocycles. The van der Waals surface area contributed by atoms with E-state index in [-0.39, 0.29) is 5.92 Å². The topological polar surface area (TPSA) is 18.5 Å². The molecule has 2 aliphatic rings. The molecule has 2 saturated carbocycles. The minimum atomic E-state index is -1.78. The molecule has 0 aromatic carbocycles. The zero-order valence-corrected chi connectivity index (χ0v) is 12.9. The third kappa shape index (κ3) is 3.73. The fourth-order valence-electron chi connectivity index (χ4n) is 3.72. The van der Waals surface area contributed by atoms with Gasteiger partial charge in [0.25, 0.3) is 0 Å². The third-order valence-corrected chi connectivity index (χ3v) is 4.86. The summed E-state index contributed by atoms with van der Waals surface area (Å²) in [7, 11) is 0. The van der Waals surface area contributed by atoms with E-state index in [4.69, 9.17) is 9.47 Å². The average Bonchev–Trinajstić information content (AvgIpc) is 2.47. The molecule has 2 rings (SSSR count). The predicted octanol–water partition coefficient (Wildman–Crippen LogP) is 4.02. The van der Waals surface area contributed by atoms with Crippen molar-refractivity contribution in [1.82, 2.24) is 0 Å². The molecule has 0 saturated heterocycles. The summed E-state index contributed by atoms with van der Waals surface area (Å²) >= 11 is 0.